The topological polar surface area (TPSA) is 180 Å². The molecule has 13 heteroatoms. The molecule has 1 aromatic heterocycles. The molecular formula is C38H59N7O6. The Bertz CT molecular complexity index is 1420. The fraction of sp³-hybridized carbons (Fsp3) is 0.737. The number of aromatic nitrogens is 2. The molecule has 1 unspecified atom stereocenters. The van der Waals surface area contributed by atoms with E-state index in [1.807, 2.05) is 27.7 Å². The van der Waals surface area contributed by atoms with Gasteiger partial charge >= 0.3 is 0 Å². The van der Waals surface area contributed by atoms with Crippen LogP contribution in [0.2, 0.25) is 0 Å². The number of amides is 5. The molecule has 51 heavy (non-hydrogen) atoms. The van der Waals surface area contributed by atoms with Crippen molar-refractivity contribution < 1.29 is 28.8 Å². The second-order valence-electron chi connectivity index (χ2n) is 16.5. The van der Waals surface area contributed by atoms with E-state index in [-0.39, 0.29) is 35.4 Å². The lowest BCUT2D eigenvalue weighted by Crippen LogP contribution is -2.62. The summed E-state index contributed by atoms with van der Waals surface area (Å²) in [4.78, 5) is 91.7. The molecule has 3 fully saturated rings. The van der Waals surface area contributed by atoms with Crippen molar-refractivity contribution in [2.75, 3.05) is 6.54 Å². The highest BCUT2D eigenvalue weighted by Gasteiger charge is 2.49. The molecule has 1 aromatic rings. The van der Waals surface area contributed by atoms with E-state index in [0.29, 0.717) is 19.4 Å². The van der Waals surface area contributed by atoms with Gasteiger partial charge in [-0.2, -0.15) is 0 Å². The fourth-order valence-corrected chi connectivity index (χ4v) is 7.19. The Morgan fingerprint density at radius 3 is 2.16 bits per heavy atom. The first kappa shape index (κ1) is 39.9. The summed E-state index contributed by atoms with van der Waals surface area (Å²) in [5.74, 6) is -3.41. The number of nitrogens with one attached hydrogen (secondary N) is 4. The number of carbonyl (C=O) groups excluding carboxylic acids is 6. The lowest BCUT2D eigenvalue weighted by molar-refractivity contribution is -0.145. The Labute approximate surface area is 302 Å². The van der Waals surface area contributed by atoms with Crippen LogP contribution in [0.4, 0.5) is 0 Å². The van der Waals surface area contributed by atoms with Crippen LogP contribution in [0.1, 0.15) is 130 Å². The van der Waals surface area contributed by atoms with Gasteiger partial charge in [0.15, 0.2) is 0 Å². The molecule has 4 N–H and O–H groups in total. The summed E-state index contributed by atoms with van der Waals surface area (Å²) in [7, 11) is 0. The van der Waals surface area contributed by atoms with Gasteiger partial charge in [-0.1, -0.05) is 80.6 Å². The van der Waals surface area contributed by atoms with E-state index in [1.165, 1.54) is 18.6 Å². The Hall–Kier alpha value is -3.90. The van der Waals surface area contributed by atoms with Gasteiger partial charge in [0.2, 0.25) is 23.5 Å². The van der Waals surface area contributed by atoms with Gasteiger partial charge in [0, 0.05) is 25.0 Å². The molecule has 0 radical (unpaired) electrons. The van der Waals surface area contributed by atoms with E-state index in [4.69, 9.17) is 0 Å². The predicted octanol–water partition coefficient (Wildman–Crippen LogP) is 3.47. The second-order valence-corrected chi connectivity index (χ2v) is 16.5. The number of nitrogens with zero attached hydrogens (tertiary/aromatic N) is 3. The van der Waals surface area contributed by atoms with E-state index in [9.17, 15) is 28.8 Å². The van der Waals surface area contributed by atoms with Crippen molar-refractivity contribution in [3.63, 3.8) is 0 Å². The monoisotopic (exact) mass is 709 g/mol. The summed E-state index contributed by atoms with van der Waals surface area (Å²) in [5.41, 5.74) is -0.872. The van der Waals surface area contributed by atoms with Gasteiger partial charge in [-0.15, -0.1) is 0 Å². The van der Waals surface area contributed by atoms with E-state index < -0.39 is 64.9 Å². The molecule has 5 atom stereocenters. The van der Waals surface area contributed by atoms with E-state index in [2.05, 4.69) is 52.0 Å². The number of likely N-dealkylation sites (tertiary alicyclic amines) is 1. The first-order valence-electron chi connectivity index (χ1n) is 18.9. The van der Waals surface area contributed by atoms with Gasteiger partial charge in [0.05, 0.1) is 12.2 Å². The first-order chi connectivity index (χ1) is 24.1. The maximum absolute atomic E-state index is 14.7. The Balaban J connectivity index is 1.59. The number of hydrogen-bond donors (Lipinski definition) is 4. The third kappa shape index (κ3) is 10.3. The Morgan fingerprint density at radius 1 is 0.902 bits per heavy atom. The standard InChI is InChI=1S/C38H59N7O6/c1-8-13-26(30(46)35(50)41-25-16-17-25)42-33(48)28-20-24(38(6,7)9-2)22-45(28)36(51)31(37(3,4)5)44-34(49)29(23-14-11-10-12-15-23)43-32(47)27-21-39-18-19-40-27/h18-19,21,23-26,28-29,31H,8-17,20,22H2,1-7H3,(H,41,50)(H,42,48)(H,43,47)(H,44,49)/t24?,26-,28-,29-,31+/m0/s1. The third-order valence-electron chi connectivity index (χ3n) is 11.1. The molecule has 13 nitrogen and oxygen atoms in total. The highest BCUT2D eigenvalue weighted by molar-refractivity contribution is 6.38. The lowest BCUT2D eigenvalue weighted by Gasteiger charge is -2.38. The smallest absolute Gasteiger partial charge is 0.289 e. The summed E-state index contributed by atoms with van der Waals surface area (Å²) in [6, 6.07) is -3.84. The molecule has 4 rings (SSSR count). The molecule has 2 saturated carbocycles. The largest absolute Gasteiger partial charge is 0.347 e. The number of ketones is 1. The number of hydrogen-bond acceptors (Lipinski definition) is 8. The third-order valence-corrected chi connectivity index (χ3v) is 11.1. The molecule has 0 bridgehead atoms. The van der Waals surface area contributed by atoms with Crippen LogP contribution in [-0.2, 0) is 24.0 Å². The zero-order valence-corrected chi connectivity index (χ0v) is 31.5. The van der Waals surface area contributed by atoms with E-state index in [0.717, 1.165) is 51.4 Å². The Morgan fingerprint density at radius 2 is 1.59 bits per heavy atom. The van der Waals surface area contributed by atoms with Crippen molar-refractivity contribution in [2.45, 2.75) is 149 Å². The summed E-state index contributed by atoms with van der Waals surface area (Å²) < 4.78 is 0. The van der Waals surface area contributed by atoms with Gasteiger partial charge in [0.25, 0.3) is 11.8 Å². The van der Waals surface area contributed by atoms with Crippen molar-refractivity contribution in [2.24, 2.45) is 22.7 Å². The average Bonchev–Trinajstić information content (AvgIpc) is 3.80. The maximum atomic E-state index is 14.7. The maximum Gasteiger partial charge on any atom is 0.289 e. The highest BCUT2D eigenvalue weighted by atomic mass is 16.2. The highest BCUT2D eigenvalue weighted by Crippen LogP contribution is 2.40. The normalized spacial score (nSPS) is 21.6. The lowest BCUT2D eigenvalue weighted by atomic mass is 9.75. The van der Waals surface area contributed by atoms with Crippen molar-refractivity contribution in [1.29, 1.82) is 0 Å². The molecule has 0 spiro atoms. The minimum atomic E-state index is -1.03. The van der Waals surface area contributed by atoms with Crippen molar-refractivity contribution >= 4 is 35.3 Å². The van der Waals surface area contributed by atoms with Crippen LogP contribution in [0, 0.1) is 22.7 Å². The van der Waals surface area contributed by atoms with Gasteiger partial charge < -0.3 is 26.2 Å². The van der Waals surface area contributed by atoms with Gasteiger partial charge in [-0.05, 0) is 61.2 Å². The number of rotatable bonds is 15. The summed E-state index contributed by atoms with van der Waals surface area (Å²) in [6.07, 6.45) is 12.4. The summed E-state index contributed by atoms with van der Waals surface area (Å²) in [5, 5.41) is 11.5. The van der Waals surface area contributed by atoms with E-state index >= 15 is 0 Å². The van der Waals surface area contributed by atoms with Crippen LogP contribution in [0.15, 0.2) is 18.6 Å². The quantitative estimate of drug-likeness (QED) is 0.200. The molecule has 1 saturated heterocycles. The van der Waals surface area contributed by atoms with Crippen LogP contribution in [0.5, 0.6) is 0 Å². The van der Waals surface area contributed by atoms with Gasteiger partial charge in [-0.3, -0.25) is 33.8 Å². The molecule has 2 heterocycles. The molecule has 5 amide bonds. The van der Waals surface area contributed by atoms with Crippen LogP contribution in [0.3, 0.4) is 0 Å². The van der Waals surface area contributed by atoms with Crippen molar-refractivity contribution in [1.82, 2.24) is 36.1 Å². The van der Waals surface area contributed by atoms with Crippen molar-refractivity contribution in [3.8, 4) is 0 Å². The summed E-state index contributed by atoms with van der Waals surface area (Å²) >= 11 is 0. The molecule has 3 aliphatic rings. The average molecular weight is 710 g/mol. The van der Waals surface area contributed by atoms with Gasteiger partial charge in [-0.25, -0.2) is 4.98 Å². The van der Waals surface area contributed by atoms with E-state index in [1.54, 1.807) is 4.90 Å². The second kappa shape index (κ2) is 17.1. The minimum Gasteiger partial charge on any atom is -0.347 e. The van der Waals surface area contributed by atoms with Crippen LogP contribution in [0.25, 0.3) is 0 Å². The predicted molar refractivity (Wildman–Crippen MR) is 192 cm³/mol. The molecule has 1 aliphatic heterocycles. The Kier molecular flexibility index (Phi) is 13.4. The molecule has 282 valence electrons. The van der Waals surface area contributed by atoms with Crippen LogP contribution in [-0.4, -0.2) is 86.9 Å². The molecule has 0 aromatic carbocycles. The number of carbonyl (C=O) groups is 6. The molecule has 2 aliphatic carbocycles. The minimum absolute atomic E-state index is 0.00185. The SMILES string of the molecule is CCC[C@H](NC(=O)[C@@H]1CC(C(C)(C)CC)CN1C(=O)[C@@H](NC(=O)[C@@H](NC(=O)c1cnccn1)C1CCCCC1)C(C)(C)C)C(=O)C(=O)NC1CC1. The van der Waals surface area contributed by atoms with Gasteiger partial charge in [0.1, 0.15) is 23.8 Å². The zero-order chi connectivity index (χ0) is 37.5. The summed E-state index contributed by atoms with van der Waals surface area (Å²) in [6.45, 7) is 14.1. The van der Waals surface area contributed by atoms with Crippen LogP contribution >= 0.6 is 0 Å². The number of Topliss-reactive ketones (excluding diaryl/α,β-unsaturated/α-hetero) is 1. The van der Waals surface area contributed by atoms with Crippen molar-refractivity contribution in [3.05, 3.63) is 24.3 Å². The van der Waals surface area contributed by atoms with Crippen LogP contribution < -0.4 is 21.3 Å². The molecular weight excluding hydrogens is 650 g/mol. The fourth-order valence-electron chi connectivity index (χ4n) is 7.19. The first-order valence-corrected chi connectivity index (χ1v) is 18.9. The zero-order valence-electron chi connectivity index (χ0n) is 31.5.